The second-order valence-corrected chi connectivity index (χ2v) is 5.58. The van der Waals surface area contributed by atoms with Crippen molar-refractivity contribution in [3.63, 3.8) is 0 Å². The van der Waals surface area contributed by atoms with Gasteiger partial charge in [0.25, 0.3) is 0 Å². The van der Waals surface area contributed by atoms with E-state index in [1.54, 1.807) is 0 Å². The molecule has 0 amide bonds. The molecule has 2 heteroatoms. The summed E-state index contributed by atoms with van der Waals surface area (Å²) in [5.74, 6) is 0.989. The fraction of sp³-hybridized carbons (Fsp3) is 0.556. The fourth-order valence-electron chi connectivity index (χ4n) is 2.50. The van der Waals surface area contributed by atoms with Crippen LogP contribution in [-0.2, 0) is 6.42 Å². The smallest absolute Gasteiger partial charge is 0.162 e. The first-order chi connectivity index (χ1) is 9.83. The quantitative estimate of drug-likeness (QED) is 0.604. The van der Waals surface area contributed by atoms with Gasteiger partial charge in [0.05, 0.1) is 6.54 Å². The van der Waals surface area contributed by atoms with Crippen LogP contribution in [-0.4, -0.2) is 11.6 Å². The minimum Gasteiger partial charge on any atom is -0.380 e. The van der Waals surface area contributed by atoms with Crippen molar-refractivity contribution >= 4 is 6.08 Å². The average molecular weight is 273 g/mol. The maximum Gasteiger partial charge on any atom is 0.162 e. The van der Waals surface area contributed by atoms with Gasteiger partial charge in [-0.2, -0.15) is 0 Å². The largest absolute Gasteiger partial charge is 0.380 e. The van der Waals surface area contributed by atoms with E-state index in [0.717, 1.165) is 12.3 Å². The Morgan fingerprint density at radius 1 is 1.00 bits per heavy atom. The monoisotopic (exact) mass is 273 g/mol. The van der Waals surface area contributed by atoms with Crippen molar-refractivity contribution < 1.29 is 4.84 Å². The molecule has 0 aliphatic carbocycles. The van der Waals surface area contributed by atoms with Crippen LogP contribution in [0.3, 0.4) is 0 Å². The van der Waals surface area contributed by atoms with E-state index in [4.69, 9.17) is 4.84 Å². The normalized spacial score (nSPS) is 13.2. The molecule has 1 aliphatic rings. The van der Waals surface area contributed by atoms with Gasteiger partial charge in [-0.15, -0.1) is 0 Å². The molecule has 20 heavy (non-hydrogen) atoms. The van der Waals surface area contributed by atoms with Gasteiger partial charge >= 0.3 is 0 Å². The maximum atomic E-state index is 5.91. The molecule has 110 valence electrons. The third-order valence-corrected chi connectivity index (χ3v) is 3.76. The Bertz CT molecular complexity index is 439. The number of rotatable bonds is 8. The molecule has 0 saturated carbocycles. The summed E-state index contributed by atoms with van der Waals surface area (Å²) in [6.07, 6.45) is 13.0. The van der Waals surface area contributed by atoms with Crippen molar-refractivity contribution in [1.29, 1.82) is 0 Å². The van der Waals surface area contributed by atoms with E-state index in [1.807, 2.05) is 5.06 Å². The molecule has 1 aromatic rings. The first-order valence-electron chi connectivity index (χ1n) is 8.09. The zero-order valence-corrected chi connectivity index (χ0v) is 12.9. The molecule has 2 nitrogen and oxygen atoms in total. The molecule has 2 rings (SSSR count). The first kappa shape index (κ1) is 15.0. The summed E-state index contributed by atoms with van der Waals surface area (Å²) in [7, 11) is 0. The Balaban J connectivity index is 1.91. The predicted octanol–water partition coefficient (Wildman–Crippen LogP) is 5.19. The van der Waals surface area contributed by atoms with E-state index in [-0.39, 0.29) is 0 Å². The van der Waals surface area contributed by atoms with Crippen LogP contribution in [0.25, 0.3) is 6.08 Å². The fourth-order valence-corrected chi connectivity index (χ4v) is 2.50. The van der Waals surface area contributed by atoms with Crippen molar-refractivity contribution in [2.24, 2.45) is 0 Å². The highest BCUT2D eigenvalue weighted by molar-refractivity contribution is 5.59. The van der Waals surface area contributed by atoms with Crippen LogP contribution in [0.1, 0.15) is 63.5 Å². The first-order valence-corrected chi connectivity index (χ1v) is 8.09. The Hall–Kier alpha value is -1.44. The lowest BCUT2D eigenvalue weighted by Crippen LogP contribution is -2.25. The summed E-state index contributed by atoms with van der Waals surface area (Å²) in [5.41, 5.74) is 2.63. The Morgan fingerprint density at radius 2 is 1.80 bits per heavy atom. The zero-order chi connectivity index (χ0) is 14.2. The van der Waals surface area contributed by atoms with Crippen molar-refractivity contribution in [3.8, 4) is 5.75 Å². The summed E-state index contributed by atoms with van der Waals surface area (Å²) in [5, 5.41) is 1.95. The molecule has 0 saturated heterocycles. The zero-order valence-electron chi connectivity index (χ0n) is 12.9. The van der Waals surface area contributed by atoms with Crippen molar-refractivity contribution in [2.75, 3.05) is 6.54 Å². The number of nitrogens with zero attached hydrogens (tertiary/aromatic N) is 1. The standard InChI is InChI=1S/C18H27NO/c1-3-5-7-9-16-10-11-18-17(15-16)12-14-19(20-18)13-8-6-4-2/h10-12,14-15H,3-9,13H2,1-2H3. The number of hydroxylamine groups is 2. The third-order valence-electron chi connectivity index (χ3n) is 3.76. The summed E-state index contributed by atoms with van der Waals surface area (Å²) >= 11 is 0. The lowest BCUT2D eigenvalue weighted by Gasteiger charge is -2.25. The highest BCUT2D eigenvalue weighted by Gasteiger charge is 2.12. The summed E-state index contributed by atoms with van der Waals surface area (Å²) in [4.78, 5) is 5.91. The van der Waals surface area contributed by atoms with Crippen molar-refractivity contribution in [3.05, 3.63) is 35.5 Å². The van der Waals surface area contributed by atoms with Gasteiger partial charge in [-0.25, -0.2) is 5.06 Å². The molecular weight excluding hydrogens is 246 g/mol. The van der Waals surface area contributed by atoms with E-state index in [0.29, 0.717) is 0 Å². The maximum absolute atomic E-state index is 5.91. The average Bonchev–Trinajstić information content (AvgIpc) is 2.48. The molecule has 0 N–H and O–H groups in total. The van der Waals surface area contributed by atoms with Gasteiger partial charge in [-0.05, 0) is 43.0 Å². The van der Waals surface area contributed by atoms with Crippen LogP contribution in [0.2, 0.25) is 0 Å². The van der Waals surface area contributed by atoms with E-state index >= 15 is 0 Å². The molecule has 1 heterocycles. The Labute approximate surface area is 123 Å². The van der Waals surface area contributed by atoms with Gasteiger partial charge < -0.3 is 4.84 Å². The molecule has 0 fully saturated rings. The van der Waals surface area contributed by atoms with Crippen molar-refractivity contribution in [2.45, 2.75) is 58.8 Å². The number of unbranched alkanes of at least 4 members (excludes halogenated alkanes) is 4. The Kier molecular flexibility index (Phi) is 5.97. The molecule has 0 atom stereocenters. The predicted molar refractivity (Wildman–Crippen MR) is 85.6 cm³/mol. The van der Waals surface area contributed by atoms with Crippen LogP contribution in [0.4, 0.5) is 0 Å². The second kappa shape index (κ2) is 7.98. The lowest BCUT2D eigenvalue weighted by atomic mass is 10.0. The highest BCUT2D eigenvalue weighted by atomic mass is 16.7. The van der Waals surface area contributed by atoms with E-state index < -0.39 is 0 Å². The second-order valence-electron chi connectivity index (χ2n) is 5.58. The molecule has 0 radical (unpaired) electrons. The van der Waals surface area contributed by atoms with Gasteiger partial charge in [0, 0.05) is 11.8 Å². The molecule has 1 aliphatic heterocycles. The molecule has 0 bridgehead atoms. The van der Waals surface area contributed by atoms with E-state index in [1.165, 1.54) is 56.1 Å². The Morgan fingerprint density at radius 3 is 2.60 bits per heavy atom. The van der Waals surface area contributed by atoms with Crippen LogP contribution >= 0.6 is 0 Å². The number of hydrogen-bond acceptors (Lipinski definition) is 2. The lowest BCUT2D eigenvalue weighted by molar-refractivity contribution is -0.0109. The molecule has 0 aromatic heterocycles. The van der Waals surface area contributed by atoms with Gasteiger partial charge in [-0.3, -0.25) is 0 Å². The number of aryl methyl sites for hydroxylation is 1. The topological polar surface area (TPSA) is 12.5 Å². The SMILES string of the molecule is CCCCCc1ccc2c(c1)C=CN(CCCCC)O2. The van der Waals surface area contributed by atoms with Gasteiger partial charge in [0.1, 0.15) is 0 Å². The van der Waals surface area contributed by atoms with Crippen LogP contribution < -0.4 is 4.84 Å². The summed E-state index contributed by atoms with van der Waals surface area (Å²) in [6, 6.07) is 6.59. The number of benzene rings is 1. The highest BCUT2D eigenvalue weighted by Crippen LogP contribution is 2.27. The van der Waals surface area contributed by atoms with Gasteiger partial charge in [0.15, 0.2) is 5.75 Å². The van der Waals surface area contributed by atoms with Crippen LogP contribution in [0.15, 0.2) is 24.4 Å². The minimum absolute atomic E-state index is 0.974. The molecule has 0 spiro atoms. The van der Waals surface area contributed by atoms with E-state index in [2.05, 4.69) is 44.3 Å². The van der Waals surface area contributed by atoms with Gasteiger partial charge in [0.2, 0.25) is 0 Å². The minimum atomic E-state index is 0.974. The summed E-state index contributed by atoms with van der Waals surface area (Å²) in [6.45, 7) is 5.45. The number of fused-ring (bicyclic) bond motifs is 1. The summed E-state index contributed by atoms with van der Waals surface area (Å²) < 4.78 is 0. The van der Waals surface area contributed by atoms with Crippen LogP contribution in [0.5, 0.6) is 5.75 Å². The van der Waals surface area contributed by atoms with Gasteiger partial charge in [-0.1, -0.05) is 45.6 Å². The third kappa shape index (κ3) is 4.29. The molecule has 0 unspecified atom stereocenters. The number of hydrogen-bond donors (Lipinski definition) is 0. The van der Waals surface area contributed by atoms with E-state index in [9.17, 15) is 0 Å². The van der Waals surface area contributed by atoms with Crippen molar-refractivity contribution in [1.82, 2.24) is 5.06 Å². The molecule has 1 aromatic carbocycles. The molecular formula is C18H27NO. The van der Waals surface area contributed by atoms with Crippen LogP contribution in [0, 0.1) is 0 Å².